The molecule has 6 nitrogen and oxygen atoms in total. The molecule has 0 aliphatic rings. The van der Waals surface area contributed by atoms with Crippen molar-refractivity contribution >= 4 is 36.6 Å². The molecule has 0 aliphatic heterocycles. The topological polar surface area (TPSA) is 76.7 Å². The standard InChI is InChI=1S/C34H37N2O4P/c1-34(2,3)40-33(38)36-30-20-17-28(26-9-7-6-8-10-26)21-31(30)35-32(37)27-15-11-24(12-16-27)22-39-23-25-13-18-29(19-14-25)41(4)5/h6-21H,22-23H2,1-5H3,(H,35,37)(H,36,38). The number of anilines is 2. The first-order valence-electron chi connectivity index (χ1n) is 13.5. The summed E-state index contributed by atoms with van der Waals surface area (Å²) >= 11 is 0. The zero-order chi connectivity index (χ0) is 29.4. The second-order valence-electron chi connectivity index (χ2n) is 11.0. The van der Waals surface area contributed by atoms with Gasteiger partial charge < -0.3 is 14.8 Å². The van der Waals surface area contributed by atoms with Crippen LogP contribution < -0.4 is 15.9 Å². The van der Waals surface area contributed by atoms with E-state index in [9.17, 15) is 9.59 Å². The van der Waals surface area contributed by atoms with Gasteiger partial charge in [-0.25, -0.2) is 4.79 Å². The van der Waals surface area contributed by atoms with Crippen LogP contribution in [0.1, 0.15) is 42.3 Å². The number of benzene rings is 4. The summed E-state index contributed by atoms with van der Waals surface area (Å²) in [7, 11) is -0.104. The lowest BCUT2D eigenvalue weighted by Gasteiger charge is -2.21. The Morgan fingerprint density at radius 1 is 0.707 bits per heavy atom. The van der Waals surface area contributed by atoms with E-state index in [4.69, 9.17) is 9.47 Å². The molecule has 4 aromatic carbocycles. The van der Waals surface area contributed by atoms with Crippen LogP contribution in [0.3, 0.4) is 0 Å². The Balaban J connectivity index is 1.43. The van der Waals surface area contributed by atoms with Gasteiger partial charge in [0.05, 0.1) is 24.6 Å². The van der Waals surface area contributed by atoms with Crippen LogP contribution >= 0.6 is 7.92 Å². The maximum absolute atomic E-state index is 13.2. The number of hydrogen-bond acceptors (Lipinski definition) is 4. The maximum atomic E-state index is 13.2. The lowest BCUT2D eigenvalue weighted by atomic mass is 10.0. The van der Waals surface area contributed by atoms with Gasteiger partial charge in [0.1, 0.15) is 5.60 Å². The summed E-state index contributed by atoms with van der Waals surface area (Å²) in [5.41, 5.74) is 4.77. The first-order valence-corrected chi connectivity index (χ1v) is 15.7. The monoisotopic (exact) mass is 568 g/mol. The van der Waals surface area contributed by atoms with Crippen LogP contribution in [0.4, 0.5) is 16.2 Å². The van der Waals surface area contributed by atoms with Gasteiger partial charge >= 0.3 is 6.09 Å². The molecule has 0 spiro atoms. The predicted molar refractivity (Wildman–Crippen MR) is 169 cm³/mol. The second-order valence-corrected chi connectivity index (χ2v) is 13.3. The van der Waals surface area contributed by atoms with Crippen molar-refractivity contribution in [1.29, 1.82) is 0 Å². The molecule has 0 saturated carbocycles. The summed E-state index contributed by atoms with van der Waals surface area (Å²) in [6.07, 6.45) is -0.596. The first kappa shape index (κ1) is 30.0. The minimum absolute atomic E-state index is 0.104. The number of ether oxygens (including phenoxy) is 2. The van der Waals surface area contributed by atoms with Gasteiger partial charge in [-0.05, 0) is 85.9 Å². The van der Waals surface area contributed by atoms with E-state index in [2.05, 4.69) is 48.2 Å². The Kier molecular flexibility index (Phi) is 9.93. The van der Waals surface area contributed by atoms with Crippen molar-refractivity contribution in [2.24, 2.45) is 0 Å². The van der Waals surface area contributed by atoms with E-state index in [0.717, 1.165) is 22.3 Å². The van der Waals surface area contributed by atoms with Gasteiger partial charge in [0.15, 0.2) is 0 Å². The van der Waals surface area contributed by atoms with Crippen LogP contribution in [0.25, 0.3) is 11.1 Å². The molecule has 0 aromatic heterocycles. The number of amides is 2. The lowest BCUT2D eigenvalue weighted by Crippen LogP contribution is -2.27. The second kappa shape index (κ2) is 13.6. The Morgan fingerprint density at radius 3 is 1.90 bits per heavy atom. The summed E-state index contributed by atoms with van der Waals surface area (Å²) in [6, 6.07) is 31.2. The number of carbonyl (C=O) groups is 2. The molecular formula is C34H37N2O4P. The molecule has 0 bridgehead atoms. The molecule has 0 aliphatic carbocycles. The van der Waals surface area contributed by atoms with Gasteiger partial charge in [-0.1, -0.05) is 80.7 Å². The molecule has 0 heterocycles. The number of hydrogen-bond donors (Lipinski definition) is 2. The molecule has 0 unspecified atom stereocenters. The van der Waals surface area contributed by atoms with E-state index in [-0.39, 0.29) is 13.8 Å². The van der Waals surface area contributed by atoms with Gasteiger partial charge in [0, 0.05) is 5.56 Å². The minimum Gasteiger partial charge on any atom is -0.444 e. The molecule has 4 aromatic rings. The zero-order valence-corrected chi connectivity index (χ0v) is 25.1. The fourth-order valence-electron chi connectivity index (χ4n) is 4.10. The Labute approximate surface area is 243 Å². The molecule has 212 valence electrons. The first-order chi connectivity index (χ1) is 19.6. The van der Waals surface area contributed by atoms with Crippen molar-refractivity contribution in [3.63, 3.8) is 0 Å². The van der Waals surface area contributed by atoms with Crippen molar-refractivity contribution in [3.8, 4) is 11.1 Å². The minimum atomic E-state index is -0.651. The number of nitrogens with one attached hydrogen (secondary N) is 2. The van der Waals surface area contributed by atoms with E-state index in [1.807, 2.05) is 54.6 Å². The molecule has 2 amide bonds. The van der Waals surface area contributed by atoms with E-state index >= 15 is 0 Å². The van der Waals surface area contributed by atoms with Crippen molar-refractivity contribution in [2.75, 3.05) is 24.0 Å². The van der Waals surface area contributed by atoms with Crippen LogP contribution in [-0.2, 0) is 22.7 Å². The summed E-state index contributed by atoms with van der Waals surface area (Å²) in [6.45, 7) is 10.9. The van der Waals surface area contributed by atoms with Crippen molar-refractivity contribution in [1.82, 2.24) is 0 Å². The Morgan fingerprint density at radius 2 is 1.32 bits per heavy atom. The summed E-state index contributed by atoms with van der Waals surface area (Å²) < 4.78 is 11.3. The molecule has 2 N–H and O–H groups in total. The summed E-state index contributed by atoms with van der Waals surface area (Å²) in [5, 5.41) is 7.10. The number of carbonyl (C=O) groups excluding carboxylic acids is 2. The Hall–Kier alpha value is -3.99. The molecule has 4 rings (SSSR count). The summed E-state index contributed by atoms with van der Waals surface area (Å²) in [5.74, 6) is -0.290. The predicted octanol–water partition coefficient (Wildman–Crippen LogP) is 8.04. The van der Waals surface area contributed by atoms with Gasteiger partial charge in [-0.2, -0.15) is 0 Å². The average Bonchev–Trinajstić information content (AvgIpc) is 2.94. The van der Waals surface area contributed by atoms with Gasteiger partial charge in [0.25, 0.3) is 5.91 Å². The highest BCUT2D eigenvalue weighted by Gasteiger charge is 2.18. The molecule has 41 heavy (non-hydrogen) atoms. The van der Waals surface area contributed by atoms with Crippen molar-refractivity contribution < 1.29 is 19.1 Å². The number of rotatable bonds is 9. The van der Waals surface area contributed by atoms with Crippen LogP contribution in [0, 0.1) is 0 Å². The molecule has 0 radical (unpaired) electrons. The molecular weight excluding hydrogens is 531 g/mol. The van der Waals surface area contributed by atoms with Gasteiger partial charge in [0.2, 0.25) is 0 Å². The Bertz CT molecular complexity index is 1460. The molecule has 7 heteroatoms. The molecule has 0 atom stereocenters. The summed E-state index contributed by atoms with van der Waals surface area (Å²) in [4.78, 5) is 25.7. The highest BCUT2D eigenvalue weighted by Crippen LogP contribution is 2.30. The molecule has 0 fully saturated rings. The average molecular weight is 569 g/mol. The van der Waals surface area contributed by atoms with Crippen LogP contribution in [0.5, 0.6) is 0 Å². The van der Waals surface area contributed by atoms with Crippen molar-refractivity contribution in [3.05, 3.63) is 114 Å². The quantitative estimate of drug-likeness (QED) is 0.200. The normalized spacial score (nSPS) is 11.3. The largest absolute Gasteiger partial charge is 0.444 e. The van der Waals surface area contributed by atoms with E-state index < -0.39 is 11.7 Å². The fraction of sp³-hybridized carbons (Fsp3) is 0.235. The van der Waals surface area contributed by atoms with Crippen LogP contribution in [-0.4, -0.2) is 30.9 Å². The maximum Gasteiger partial charge on any atom is 0.412 e. The van der Waals surface area contributed by atoms with Crippen molar-refractivity contribution in [2.45, 2.75) is 39.6 Å². The smallest absolute Gasteiger partial charge is 0.412 e. The third kappa shape index (κ3) is 9.01. The highest BCUT2D eigenvalue weighted by atomic mass is 31.1. The van der Waals surface area contributed by atoms with Gasteiger partial charge in [-0.3, -0.25) is 10.1 Å². The zero-order valence-electron chi connectivity index (χ0n) is 24.2. The van der Waals surface area contributed by atoms with E-state index in [1.54, 1.807) is 39.0 Å². The fourth-order valence-corrected chi connectivity index (χ4v) is 4.85. The molecule has 0 saturated heterocycles. The third-order valence-electron chi connectivity index (χ3n) is 6.22. The third-order valence-corrected chi connectivity index (χ3v) is 7.55. The van der Waals surface area contributed by atoms with Crippen LogP contribution in [0.15, 0.2) is 97.1 Å². The van der Waals surface area contributed by atoms with Crippen LogP contribution in [0.2, 0.25) is 0 Å². The van der Waals surface area contributed by atoms with Gasteiger partial charge in [-0.15, -0.1) is 0 Å². The van der Waals surface area contributed by atoms with E-state index in [0.29, 0.717) is 30.2 Å². The SMILES string of the molecule is CP(C)c1ccc(COCc2ccc(C(=O)Nc3cc(-c4ccccc4)ccc3NC(=O)OC(C)(C)C)cc2)cc1. The lowest BCUT2D eigenvalue weighted by molar-refractivity contribution is 0.0635. The highest BCUT2D eigenvalue weighted by molar-refractivity contribution is 7.64. The van der Waals surface area contributed by atoms with E-state index in [1.165, 1.54) is 5.30 Å².